The lowest BCUT2D eigenvalue weighted by atomic mass is 9.76. The molecule has 0 aliphatic carbocycles. The molecule has 214 valence electrons. The fourth-order valence-electron chi connectivity index (χ4n) is 5.22. The van der Waals surface area contributed by atoms with Crippen molar-refractivity contribution in [3.8, 4) is 17.6 Å². The molecule has 3 aromatic carbocycles. The highest BCUT2D eigenvalue weighted by Crippen LogP contribution is 2.39. The Balaban J connectivity index is 1.72. The summed E-state index contributed by atoms with van der Waals surface area (Å²) in [6, 6.07) is 26.5. The van der Waals surface area contributed by atoms with Crippen molar-refractivity contribution >= 4 is 20.1 Å². The van der Waals surface area contributed by atoms with Crippen molar-refractivity contribution in [3.05, 3.63) is 95.6 Å². The fourth-order valence-corrected chi connectivity index (χ4v) is 6.29. The maximum atomic E-state index is 14.2. The number of hydrogen-bond donors (Lipinski definition) is 1. The second-order valence-electron chi connectivity index (χ2n) is 9.88. The molecule has 3 aromatic rings. The molecule has 1 saturated heterocycles. The number of nitriles is 1. The number of carbonyl (C=O) groups excluding carboxylic acids is 2. The summed E-state index contributed by atoms with van der Waals surface area (Å²) in [4.78, 5) is 28.9. The predicted octanol–water partition coefficient (Wildman–Crippen LogP) is 6.04. The van der Waals surface area contributed by atoms with Gasteiger partial charge in [-0.25, -0.2) is 4.79 Å². The number of unbranched alkanes of at least 4 members (excludes halogenated alkanes) is 1. The minimum atomic E-state index is -1.07. The first-order valence-corrected chi connectivity index (χ1v) is 15.6. The summed E-state index contributed by atoms with van der Waals surface area (Å²) in [7, 11) is 2.20. The molecule has 1 aliphatic rings. The third-order valence-electron chi connectivity index (χ3n) is 7.35. The predicted molar refractivity (Wildman–Crippen MR) is 159 cm³/mol. The molecule has 0 aromatic heterocycles. The lowest BCUT2D eigenvalue weighted by Crippen LogP contribution is -2.54. The van der Waals surface area contributed by atoms with Gasteiger partial charge in [-0.2, -0.15) is 5.26 Å². The van der Waals surface area contributed by atoms with E-state index in [0.29, 0.717) is 49.9 Å². The van der Waals surface area contributed by atoms with Crippen LogP contribution in [0.5, 0.6) is 11.5 Å². The third-order valence-corrected chi connectivity index (χ3v) is 8.76. The minimum absolute atomic E-state index is 0.264. The molecule has 0 saturated carbocycles. The van der Waals surface area contributed by atoms with Crippen molar-refractivity contribution in [3.63, 3.8) is 0 Å². The maximum Gasteiger partial charge on any atom is 0.413 e. The van der Waals surface area contributed by atoms with E-state index >= 15 is 0 Å². The van der Waals surface area contributed by atoms with E-state index in [1.807, 2.05) is 85.5 Å². The third kappa shape index (κ3) is 6.81. The molecule has 41 heavy (non-hydrogen) atoms. The van der Waals surface area contributed by atoms with Crippen LogP contribution in [0.2, 0.25) is 0 Å². The van der Waals surface area contributed by atoms with Crippen LogP contribution >= 0.6 is 8.15 Å². The molecule has 1 unspecified atom stereocenters. The molecule has 4 rings (SSSR count). The van der Waals surface area contributed by atoms with Crippen LogP contribution in [0.1, 0.15) is 42.4 Å². The second-order valence-corrected chi connectivity index (χ2v) is 11.8. The number of carbonyl (C=O) groups is 2. The highest BCUT2D eigenvalue weighted by atomic mass is 31.1. The SMILES string of the molecule is COc1ccc(C(NC(=O)[C@@H]2CCCN2C(=O)OP(C)CCCC#N)(c2ccccc2)c2ccc(OC)cc2)cc1. The van der Waals surface area contributed by atoms with Crippen LogP contribution in [0.3, 0.4) is 0 Å². The molecule has 1 fully saturated rings. The van der Waals surface area contributed by atoms with Crippen molar-refractivity contribution in [2.75, 3.05) is 33.6 Å². The largest absolute Gasteiger partial charge is 0.497 e. The van der Waals surface area contributed by atoms with Gasteiger partial charge in [0.1, 0.15) is 23.1 Å². The Hall–Kier alpha value is -4.08. The average Bonchev–Trinajstić information content (AvgIpc) is 3.51. The molecule has 0 spiro atoms. The Morgan fingerprint density at radius 1 is 0.951 bits per heavy atom. The Morgan fingerprint density at radius 2 is 1.51 bits per heavy atom. The summed E-state index contributed by atoms with van der Waals surface area (Å²) in [6.07, 6.45) is 2.52. The first-order valence-electron chi connectivity index (χ1n) is 13.7. The van der Waals surface area contributed by atoms with Gasteiger partial charge in [0.05, 0.1) is 28.4 Å². The van der Waals surface area contributed by atoms with E-state index in [-0.39, 0.29) is 5.91 Å². The van der Waals surface area contributed by atoms with Gasteiger partial charge in [-0.15, -0.1) is 0 Å². The zero-order valence-corrected chi connectivity index (χ0v) is 24.6. The zero-order valence-electron chi connectivity index (χ0n) is 23.7. The van der Waals surface area contributed by atoms with Gasteiger partial charge >= 0.3 is 6.09 Å². The maximum absolute atomic E-state index is 14.2. The molecular formula is C32H36N3O5P. The molecule has 8 nitrogen and oxygen atoms in total. The van der Waals surface area contributed by atoms with E-state index in [1.54, 1.807) is 14.2 Å². The summed E-state index contributed by atoms with van der Waals surface area (Å²) in [5, 5.41) is 12.2. The Kier molecular flexibility index (Phi) is 10.2. The standard InChI is InChI=1S/C32H36N3O5P/c1-38-27-17-13-25(14-18-27)32(24-10-5-4-6-11-24,26-15-19-28(39-2)20-16-26)34-30(36)29-12-9-22-35(29)31(37)40-41(3)23-8-7-21-33/h4-6,10-11,13-20,29H,7-9,12,22-23H2,1-3H3,(H,34,36)/t29-,41?/m0/s1. The Labute approximate surface area is 243 Å². The Bertz CT molecular complexity index is 1300. The number of benzene rings is 3. The Morgan fingerprint density at radius 3 is 2.05 bits per heavy atom. The number of likely N-dealkylation sites (tertiary alicyclic amines) is 1. The van der Waals surface area contributed by atoms with E-state index in [9.17, 15) is 9.59 Å². The van der Waals surface area contributed by atoms with Crippen molar-refractivity contribution in [2.24, 2.45) is 0 Å². The quantitative estimate of drug-likeness (QED) is 0.170. The first-order chi connectivity index (χ1) is 19.9. The summed E-state index contributed by atoms with van der Waals surface area (Å²) in [5.41, 5.74) is 1.48. The van der Waals surface area contributed by atoms with Crippen LogP contribution < -0.4 is 14.8 Å². The van der Waals surface area contributed by atoms with E-state index in [1.165, 1.54) is 4.90 Å². The summed E-state index contributed by atoms with van der Waals surface area (Å²) in [6.45, 7) is 2.32. The first kappa shape index (κ1) is 29.9. The monoisotopic (exact) mass is 573 g/mol. The molecule has 0 bridgehead atoms. The highest BCUT2D eigenvalue weighted by molar-refractivity contribution is 7.52. The van der Waals surface area contributed by atoms with E-state index in [2.05, 4.69) is 11.4 Å². The number of rotatable bonds is 11. The molecule has 1 N–H and O–H groups in total. The van der Waals surface area contributed by atoms with Crippen LogP contribution in [-0.2, 0) is 14.9 Å². The van der Waals surface area contributed by atoms with Gasteiger partial charge in [0.2, 0.25) is 5.91 Å². The average molecular weight is 574 g/mol. The molecule has 2 atom stereocenters. The lowest BCUT2D eigenvalue weighted by Gasteiger charge is -2.38. The van der Waals surface area contributed by atoms with Gasteiger partial charge in [-0.05, 0) is 66.9 Å². The number of amides is 2. The van der Waals surface area contributed by atoms with Gasteiger partial charge in [-0.1, -0.05) is 54.6 Å². The van der Waals surface area contributed by atoms with Crippen molar-refractivity contribution in [1.82, 2.24) is 10.2 Å². The smallest absolute Gasteiger partial charge is 0.413 e. The van der Waals surface area contributed by atoms with Gasteiger partial charge < -0.3 is 19.3 Å². The van der Waals surface area contributed by atoms with Gasteiger partial charge in [0.25, 0.3) is 0 Å². The lowest BCUT2D eigenvalue weighted by molar-refractivity contribution is -0.126. The summed E-state index contributed by atoms with van der Waals surface area (Å²) >= 11 is 0. The highest BCUT2D eigenvalue weighted by Gasteiger charge is 2.43. The number of nitrogens with zero attached hydrogens (tertiary/aromatic N) is 2. The summed E-state index contributed by atoms with van der Waals surface area (Å²) in [5.74, 6) is 1.14. The normalized spacial score (nSPS) is 15.5. The van der Waals surface area contributed by atoms with Gasteiger partial charge in [0.15, 0.2) is 0 Å². The summed E-state index contributed by atoms with van der Waals surface area (Å²) < 4.78 is 16.6. The number of hydrogen-bond acceptors (Lipinski definition) is 6. The fraction of sp³-hybridized carbons (Fsp3) is 0.344. The van der Waals surface area contributed by atoms with Crippen LogP contribution in [0.4, 0.5) is 4.79 Å². The van der Waals surface area contributed by atoms with E-state index < -0.39 is 25.8 Å². The molecular weight excluding hydrogens is 537 g/mol. The van der Waals surface area contributed by atoms with Crippen LogP contribution in [0.15, 0.2) is 78.9 Å². The molecule has 1 heterocycles. The van der Waals surface area contributed by atoms with E-state index in [0.717, 1.165) is 16.7 Å². The van der Waals surface area contributed by atoms with Crippen molar-refractivity contribution in [1.29, 1.82) is 5.26 Å². The van der Waals surface area contributed by atoms with Gasteiger partial charge in [0, 0.05) is 19.1 Å². The van der Waals surface area contributed by atoms with E-state index in [4.69, 9.17) is 19.3 Å². The molecule has 1 aliphatic heterocycles. The molecule has 0 radical (unpaired) electrons. The minimum Gasteiger partial charge on any atom is -0.497 e. The molecule has 2 amide bonds. The van der Waals surface area contributed by atoms with Crippen molar-refractivity contribution < 1.29 is 23.6 Å². The van der Waals surface area contributed by atoms with Crippen molar-refractivity contribution in [2.45, 2.75) is 37.3 Å². The number of nitrogens with one attached hydrogen (secondary N) is 1. The molecule has 9 heteroatoms. The van der Waals surface area contributed by atoms with Gasteiger partial charge in [-0.3, -0.25) is 9.69 Å². The zero-order chi connectivity index (χ0) is 29.2. The number of ether oxygens (including phenoxy) is 2. The number of methoxy groups -OCH3 is 2. The second kappa shape index (κ2) is 14.0. The van der Waals surface area contributed by atoms with Crippen LogP contribution in [-0.4, -0.2) is 56.5 Å². The topological polar surface area (TPSA) is 101 Å². The van der Waals surface area contributed by atoms with Crippen LogP contribution in [0, 0.1) is 11.3 Å². The van der Waals surface area contributed by atoms with Crippen LogP contribution in [0.25, 0.3) is 0 Å².